The summed E-state index contributed by atoms with van der Waals surface area (Å²) in [6, 6.07) is 18.8. The molecule has 1 aliphatic heterocycles. The van der Waals surface area contributed by atoms with Crippen molar-refractivity contribution in [1.82, 2.24) is 9.80 Å². The normalized spacial score (nSPS) is 18.1. The Morgan fingerprint density at radius 1 is 1.00 bits per heavy atom. The predicted molar refractivity (Wildman–Crippen MR) is 124 cm³/mol. The second kappa shape index (κ2) is 8.85. The molecule has 1 aliphatic rings. The van der Waals surface area contributed by atoms with Gasteiger partial charge in [-0.15, -0.1) is 0 Å². The summed E-state index contributed by atoms with van der Waals surface area (Å²) in [5, 5.41) is 23.1. The minimum absolute atomic E-state index is 0.0338. The van der Waals surface area contributed by atoms with Crippen molar-refractivity contribution in [3.8, 4) is 5.75 Å². The van der Waals surface area contributed by atoms with Crippen molar-refractivity contribution in [2.45, 2.75) is 12.5 Å². The molecular formula is C26H26N2O4. The van der Waals surface area contributed by atoms with Gasteiger partial charge in [0.05, 0.1) is 11.6 Å². The number of benzene rings is 3. The van der Waals surface area contributed by atoms with Crippen LogP contribution in [-0.2, 0) is 9.59 Å². The monoisotopic (exact) mass is 430 g/mol. The maximum Gasteiger partial charge on any atom is 0.295 e. The van der Waals surface area contributed by atoms with E-state index < -0.39 is 17.7 Å². The third-order valence-electron chi connectivity index (χ3n) is 5.78. The molecule has 164 valence electrons. The Hall–Kier alpha value is -3.64. The summed E-state index contributed by atoms with van der Waals surface area (Å²) >= 11 is 0. The fourth-order valence-corrected chi connectivity index (χ4v) is 4.29. The van der Waals surface area contributed by atoms with Crippen molar-refractivity contribution < 1.29 is 19.8 Å². The number of amides is 1. The smallest absolute Gasteiger partial charge is 0.295 e. The Balaban J connectivity index is 1.88. The van der Waals surface area contributed by atoms with Crippen LogP contribution in [-0.4, -0.2) is 58.9 Å². The first-order chi connectivity index (χ1) is 15.4. The lowest BCUT2D eigenvalue weighted by Crippen LogP contribution is -2.32. The summed E-state index contributed by atoms with van der Waals surface area (Å²) in [5.74, 6) is -1.53. The molecule has 6 nitrogen and oxygen atoms in total. The van der Waals surface area contributed by atoms with E-state index in [2.05, 4.69) is 0 Å². The van der Waals surface area contributed by atoms with Crippen LogP contribution in [0.5, 0.6) is 5.75 Å². The van der Waals surface area contributed by atoms with Crippen LogP contribution in [0.2, 0.25) is 0 Å². The minimum atomic E-state index is -0.775. The standard InChI is InChI=1S/C26H26N2O4/c1-27(2)14-7-15-28-23(18-10-5-11-19(29)16-18)22(25(31)26(28)32)24(30)21-13-6-9-17-8-3-4-12-20(17)21/h3-6,8-13,16,23,29-30H,7,14-15H2,1-2H3/b24-22-. The summed E-state index contributed by atoms with van der Waals surface area (Å²) in [6.45, 7) is 1.11. The Bertz CT molecular complexity index is 1210. The fourth-order valence-electron chi connectivity index (χ4n) is 4.29. The van der Waals surface area contributed by atoms with Crippen LogP contribution < -0.4 is 0 Å². The molecule has 1 unspecified atom stereocenters. The van der Waals surface area contributed by atoms with Crippen LogP contribution in [0.25, 0.3) is 16.5 Å². The number of fused-ring (bicyclic) bond motifs is 1. The SMILES string of the molecule is CN(C)CCCN1C(=O)C(=O)/C(=C(\O)c2cccc3ccccc23)C1c1cccc(O)c1. The number of phenols is 1. The number of rotatable bonds is 6. The van der Waals surface area contributed by atoms with Crippen LogP contribution in [0.4, 0.5) is 0 Å². The first-order valence-electron chi connectivity index (χ1n) is 10.6. The highest BCUT2D eigenvalue weighted by Gasteiger charge is 2.46. The van der Waals surface area contributed by atoms with Crippen LogP contribution >= 0.6 is 0 Å². The van der Waals surface area contributed by atoms with E-state index >= 15 is 0 Å². The minimum Gasteiger partial charge on any atom is -0.508 e. The zero-order valence-electron chi connectivity index (χ0n) is 18.2. The summed E-state index contributed by atoms with van der Waals surface area (Å²) in [5.41, 5.74) is 1.12. The van der Waals surface area contributed by atoms with Gasteiger partial charge in [-0.05, 0) is 55.5 Å². The van der Waals surface area contributed by atoms with Gasteiger partial charge < -0.3 is 20.0 Å². The number of Topliss-reactive ketones (excluding diaryl/α,β-unsaturated/α-hetero) is 1. The highest BCUT2D eigenvalue weighted by atomic mass is 16.3. The molecule has 0 spiro atoms. The number of hydrogen-bond acceptors (Lipinski definition) is 5. The number of ketones is 1. The molecule has 0 saturated carbocycles. The van der Waals surface area contributed by atoms with Gasteiger partial charge in [0, 0.05) is 12.1 Å². The molecular weight excluding hydrogens is 404 g/mol. The third-order valence-corrected chi connectivity index (χ3v) is 5.78. The van der Waals surface area contributed by atoms with Crippen molar-refractivity contribution in [2.75, 3.05) is 27.2 Å². The lowest BCUT2D eigenvalue weighted by Gasteiger charge is -2.26. The van der Waals surface area contributed by atoms with E-state index in [0.717, 1.165) is 17.3 Å². The summed E-state index contributed by atoms with van der Waals surface area (Å²) in [7, 11) is 3.89. The average molecular weight is 431 g/mol. The van der Waals surface area contributed by atoms with Crippen molar-refractivity contribution >= 4 is 28.2 Å². The number of likely N-dealkylation sites (tertiary alicyclic amines) is 1. The second-order valence-electron chi connectivity index (χ2n) is 8.27. The van der Waals surface area contributed by atoms with Crippen molar-refractivity contribution in [3.05, 3.63) is 83.4 Å². The van der Waals surface area contributed by atoms with Gasteiger partial charge in [-0.25, -0.2) is 0 Å². The molecule has 0 bridgehead atoms. The molecule has 3 aromatic rings. The summed E-state index contributed by atoms with van der Waals surface area (Å²) in [4.78, 5) is 29.7. The van der Waals surface area contributed by atoms with E-state index in [-0.39, 0.29) is 17.1 Å². The molecule has 0 aliphatic carbocycles. The fraction of sp³-hybridized carbons (Fsp3) is 0.231. The first kappa shape index (κ1) is 21.6. The molecule has 3 aromatic carbocycles. The van der Waals surface area contributed by atoms with Crippen molar-refractivity contribution in [3.63, 3.8) is 0 Å². The average Bonchev–Trinajstić information content (AvgIpc) is 3.03. The molecule has 1 fully saturated rings. The van der Waals surface area contributed by atoms with E-state index in [1.165, 1.54) is 17.0 Å². The van der Waals surface area contributed by atoms with E-state index in [1.54, 1.807) is 18.2 Å². The highest BCUT2D eigenvalue weighted by Crippen LogP contribution is 2.41. The van der Waals surface area contributed by atoms with Crippen LogP contribution in [0.1, 0.15) is 23.6 Å². The quantitative estimate of drug-likeness (QED) is 0.352. The lowest BCUT2D eigenvalue weighted by molar-refractivity contribution is -0.139. The number of phenolic OH excluding ortho intramolecular Hbond substituents is 1. The molecule has 4 rings (SSSR count). The van der Waals surface area contributed by atoms with Gasteiger partial charge in [0.15, 0.2) is 0 Å². The summed E-state index contributed by atoms with van der Waals surface area (Å²) in [6.07, 6.45) is 0.670. The molecule has 2 N–H and O–H groups in total. The first-order valence-corrected chi connectivity index (χ1v) is 10.6. The van der Waals surface area contributed by atoms with Crippen LogP contribution in [0.15, 0.2) is 72.3 Å². The molecule has 1 saturated heterocycles. The van der Waals surface area contributed by atoms with Crippen LogP contribution in [0, 0.1) is 0 Å². The highest BCUT2D eigenvalue weighted by molar-refractivity contribution is 6.46. The maximum absolute atomic E-state index is 13.2. The second-order valence-corrected chi connectivity index (χ2v) is 8.27. The zero-order chi connectivity index (χ0) is 22.8. The topological polar surface area (TPSA) is 81.1 Å². The van der Waals surface area contributed by atoms with Gasteiger partial charge in [-0.2, -0.15) is 0 Å². The van der Waals surface area contributed by atoms with Gasteiger partial charge in [0.2, 0.25) is 0 Å². The van der Waals surface area contributed by atoms with Crippen molar-refractivity contribution in [1.29, 1.82) is 0 Å². The number of aliphatic hydroxyl groups is 1. The molecule has 6 heteroatoms. The molecule has 0 radical (unpaired) electrons. The number of aromatic hydroxyl groups is 1. The van der Waals surface area contributed by atoms with Gasteiger partial charge in [0.25, 0.3) is 11.7 Å². The Morgan fingerprint density at radius 2 is 1.72 bits per heavy atom. The van der Waals surface area contributed by atoms with Gasteiger partial charge in [0.1, 0.15) is 11.5 Å². The largest absolute Gasteiger partial charge is 0.508 e. The molecule has 1 amide bonds. The molecule has 1 atom stereocenters. The third kappa shape index (κ3) is 3.97. The number of carbonyl (C=O) groups excluding carboxylic acids is 2. The molecule has 32 heavy (non-hydrogen) atoms. The van der Waals surface area contributed by atoms with Gasteiger partial charge in [-0.3, -0.25) is 9.59 Å². The number of aliphatic hydroxyl groups excluding tert-OH is 1. The summed E-state index contributed by atoms with van der Waals surface area (Å²) < 4.78 is 0. The molecule has 1 heterocycles. The van der Waals surface area contributed by atoms with Gasteiger partial charge >= 0.3 is 0 Å². The molecule has 0 aromatic heterocycles. The Kier molecular flexibility index (Phi) is 5.97. The number of hydrogen-bond donors (Lipinski definition) is 2. The van der Waals surface area contributed by atoms with E-state index in [1.807, 2.05) is 55.4 Å². The van der Waals surface area contributed by atoms with Crippen molar-refractivity contribution in [2.24, 2.45) is 0 Å². The lowest BCUT2D eigenvalue weighted by atomic mass is 9.93. The van der Waals surface area contributed by atoms with Crippen LogP contribution in [0.3, 0.4) is 0 Å². The van der Waals surface area contributed by atoms with Gasteiger partial charge in [-0.1, -0.05) is 54.6 Å². The Labute approximate surface area is 187 Å². The zero-order valence-corrected chi connectivity index (χ0v) is 18.2. The maximum atomic E-state index is 13.2. The number of carbonyl (C=O) groups is 2. The predicted octanol–water partition coefficient (Wildman–Crippen LogP) is 3.92. The van der Waals surface area contributed by atoms with E-state index in [0.29, 0.717) is 24.1 Å². The number of nitrogens with zero attached hydrogens (tertiary/aromatic N) is 2. The Morgan fingerprint density at radius 3 is 2.47 bits per heavy atom. The van der Waals surface area contributed by atoms with E-state index in [4.69, 9.17) is 0 Å². The van der Waals surface area contributed by atoms with E-state index in [9.17, 15) is 19.8 Å².